The van der Waals surface area contributed by atoms with Crippen molar-refractivity contribution in [3.05, 3.63) is 24.5 Å². The van der Waals surface area contributed by atoms with E-state index in [9.17, 15) is 4.79 Å². The van der Waals surface area contributed by atoms with Gasteiger partial charge in [-0.2, -0.15) is 0 Å². The van der Waals surface area contributed by atoms with E-state index in [0.29, 0.717) is 5.92 Å². The fourth-order valence-corrected chi connectivity index (χ4v) is 2.59. The van der Waals surface area contributed by atoms with E-state index in [4.69, 9.17) is 5.73 Å². The van der Waals surface area contributed by atoms with Gasteiger partial charge in [-0.25, -0.2) is 0 Å². The largest absolute Gasteiger partial charge is 0.328 e. The van der Waals surface area contributed by atoms with E-state index >= 15 is 0 Å². The summed E-state index contributed by atoms with van der Waals surface area (Å²) in [6.45, 7) is 2.06. The highest BCUT2D eigenvalue weighted by Crippen LogP contribution is 2.30. The maximum absolute atomic E-state index is 12.1. The molecule has 2 rings (SSSR count). The molecular formula is C14H21N3O. The quantitative estimate of drug-likeness (QED) is 0.860. The first-order valence-corrected chi connectivity index (χ1v) is 6.63. The van der Waals surface area contributed by atoms with Gasteiger partial charge in [0.2, 0.25) is 5.91 Å². The first kappa shape index (κ1) is 13.0. The summed E-state index contributed by atoms with van der Waals surface area (Å²) >= 11 is 0. The van der Waals surface area contributed by atoms with Gasteiger partial charge in [-0.3, -0.25) is 9.78 Å². The van der Waals surface area contributed by atoms with Crippen LogP contribution in [0.4, 0.5) is 5.69 Å². The van der Waals surface area contributed by atoms with Crippen LogP contribution < -0.4 is 11.1 Å². The van der Waals surface area contributed by atoms with Crippen LogP contribution >= 0.6 is 0 Å². The number of rotatable bonds is 3. The molecule has 1 heterocycles. The lowest BCUT2D eigenvalue weighted by atomic mass is 9.79. The molecule has 0 spiro atoms. The predicted octanol–water partition coefficient (Wildman–Crippen LogP) is 2.17. The van der Waals surface area contributed by atoms with Gasteiger partial charge in [0.05, 0.1) is 0 Å². The second kappa shape index (κ2) is 5.96. The molecule has 1 atom stereocenters. The Morgan fingerprint density at radius 3 is 2.50 bits per heavy atom. The van der Waals surface area contributed by atoms with Gasteiger partial charge in [0.15, 0.2) is 0 Å². The Kier molecular flexibility index (Phi) is 4.31. The fraction of sp³-hybridized carbons (Fsp3) is 0.571. The summed E-state index contributed by atoms with van der Waals surface area (Å²) < 4.78 is 0. The Labute approximate surface area is 108 Å². The van der Waals surface area contributed by atoms with Crippen molar-refractivity contribution in [2.24, 2.45) is 17.6 Å². The minimum atomic E-state index is 0.129. The number of pyridine rings is 1. The summed E-state index contributed by atoms with van der Waals surface area (Å²) in [6, 6.07) is 3.87. The molecule has 4 heteroatoms. The van der Waals surface area contributed by atoms with Crippen molar-refractivity contribution in [2.75, 3.05) is 5.32 Å². The predicted molar refractivity (Wildman–Crippen MR) is 72.0 cm³/mol. The van der Waals surface area contributed by atoms with Crippen LogP contribution in [0.25, 0.3) is 0 Å². The zero-order chi connectivity index (χ0) is 13.0. The average Bonchev–Trinajstić information content (AvgIpc) is 2.40. The zero-order valence-corrected chi connectivity index (χ0v) is 10.8. The SMILES string of the molecule is C[C@@H](N)[C@H]1CC[C@@H](C(=O)Nc2ccncc2)CC1. The van der Waals surface area contributed by atoms with Crippen molar-refractivity contribution in [3.63, 3.8) is 0 Å². The van der Waals surface area contributed by atoms with Gasteiger partial charge in [-0.1, -0.05) is 0 Å². The summed E-state index contributed by atoms with van der Waals surface area (Å²) in [4.78, 5) is 16.0. The first-order valence-electron chi connectivity index (χ1n) is 6.63. The van der Waals surface area contributed by atoms with Crippen LogP contribution in [0.1, 0.15) is 32.6 Å². The number of aromatic nitrogens is 1. The van der Waals surface area contributed by atoms with Crippen molar-refractivity contribution < 1.29 is 4.79 Å². The molecule has 18 heavy (non-hydrogen) atoms. The van der Waals surface area contributed by atoms with E-state index in [1.807, 2.05) is 12.1 Å². The number of amides is 1. The summed E-state index contributed by atoms with van der Waals surface area (Å²) in [5.74, 6) is 0.840. The lowest BCUT2D eigenvalue weighted by Crippen LogP contribution is -2.33. The van der Waals surface area contributed by atoms with Crippen LogP contribution in [0.15, 0.2) is 24.5 Å². The highest BCUT2D eigenvalue weighted by Gasteiger charge is 2.27. The Morgan fingerprint density at radius 1 is 1.33 bits per heavy atom. The molecule has 1 aliphatic rings. The third-order valence-corrected chi connectivity index (χ3v) is 3.83. The van der Waals surface area contributed by atoms with E-state index in [1.165, 1.54) is 0 Å². The Bertz CT molecular complexity index is 383. The Hall–Kier alpha value is -1.42. The molecule has 98 valence electrons. The van der Waals surface area contributed by atoms with E-state index in [-0.39, 0.29) is 17.9 Å². The van der Waals surface area contributed by atoms with E-state index in [0.717, 1.165) is 31.4 Å². The van der Waals surface area contributed by atoms with Gasteiger partial charge in [0.25, 0.3) is 0 Å². The van der Waals surface area contributed by atoms with Gasteiger partial charge >= 0.3 is 0 Å². The number of hydrogen-bond acceptors (Lipinski definition) is 3. The lowest BCUT2D eigenvalue weighted by molar-refractivity contribution is -0.121. The van der Waals surface area contributed by atoms with Gasteiger partial charge in [-0.05, 0) is 50.7 Å². The highest BCUT2D eigenvalue weighted by molar-refractivity contribution is 5.92. The number of nitrogens with one attached hydrogen (secondary N) is 1. The molecule has 0 unspecified atom stereocenters. The monoisotopic (exact) mass is 247 g/mol. The summed E-state index contributed by atoms with van der Waals surface area (Å²) in [5.41, 5.74) is 6.73. The van der Waals surface area contributed by atoms with Crippen molar-refractivity contribution in [1.29, 1.82) is 0 Å². The zero-order valence-electron chi connectivity index (χ0n) is 10.8. The molecule has 1 amide bonds. The smallest absolute Gasteiger partial charge is 0.227 e. The molecule has 1 aromatic heterocycles. The molecule has 0 aromatic carbocycles. The second-order valence-electron chi connectivity index (χ2n) is 5.20. The Balaban J connectivity index is 1.85. The maximum Gasteiger partial charge on any atom is 0.227 e. The van der Waals surface area contributed by atoms with E-state index < -0.39 is 0 Å². The number of carbonyl (C=O) groups excluding carboxylic acids is 1. The molecule has 1 fully saturated rings. The van der Waals surface area contributed by atoms with Crippen LogP contribution in [-0.4, -0.2) is 16.9 Å². The minimum absolute atomic E-state index is 0.129. The van der Waals surface area contributed by atoms with Crippen molar-refractivity contribution in [3.8, 4) is 0 Å². The van der Waals surface area contributed by atoms with Gasteiger partial charge in [0, 0.05) is 30.0 Å². The van der Waals surface area contributed by atoms with Crippen molar-refractivity contribution >= 4 is 11.6 Å². The van der Waals surface area contributed by atoms with Crippen LogP contribution in [0.5, 0.6) is 0 Å². The molecular weight excluding hydrogens is 226 g/mol. The number of anilines is 1. The molecule has 1 saturated carbocycles. The summed E-state index contributed by atoms with van der Waals surface area (Å²) in [6.07, 6.45) is 7.38. The van der Waals surface area contributed by atoms with Gasteiger partial charge in [-0.15, -0.1) is 0 Å². The van der Waals surface area contributed by atoms with Gasteiger partial charge < -0.3 is 11.1 Å². The molecule has 3 N–H and O–H groups in total. The van der Waals surface area contributed by atoms with Crippen molar-refractivity contribution in [2.45, 2.75) is 38.6 Å². The molecule has 0 bridgehead atoms. The fourth-order valence-electron chi connectivity index (χ4n) is 2.59. The van der Waals surface area contributed by atoms with Crippen molar-refractivity contribution in [1.82, 2.24) is 4.98 Å². The van der Waals surface area contributed by atoms with E-state index in [1.54, 1.807) is 12.4 Å². The minimum Gasteiger partial charge on any atom is -0.328 e. The maximum atomic E-state index is 12.1. The highest BCUT2D eigenvalue weighted by atomic mass is 16.1. The Morgan fingerprint density at radius 2 is 1.94 bits per heavy atom. The topological polar surface area (TPSA) is 68.0 Å². The van der Waals surface area contributed by atoms with Crippen LogP contribution in [0.2, 0.25) is 0 Å². The number of carbonyl (C=O) groups is 1. The van der Waals surface area contributed by atoms with Gasteiger partial charge in [0.1, 0.15) is 0 Å². The van der Waals surface area contributed by atoms with Crippen LogP contribution in [0, 0.1) is 11.8 Å². The second-order valence-corrected chi connectivity index (χ2v) is 5.20. The number of nitrogens with two attached hydrogens (primary N) is 1. The lowest BCUT2D eigenvalue weighted by Gasteiger charge is -2.29. The average molecular weight is 247 g/mol. The standard InChI is InChI=1S/C14H21N3O/c1-10(15)11-2-4-12(5-3-11)14(18)17-13-6-8-16-9-7-13/h6-12H,2-5,15H2,1H3,(H,16,17,18)/t10-,11-,12+/m1/s1. The normalized spacial score (nSPS) is 25.4. The summed E-state index contributed by atoms with van der Waals surface area (Å²) in [5, 5.41) is 2.95. The molecule has 1 aromatic rings. The first-order chi connectivity index (χ1) is 8.66. The summed E-state index contributed by atoms with van der Waals surface area (Å²) in [7, 11) is 0. The van der Waals surface area contributed by atoms with E-state index in [2.05, 4.69) is 17.2 Å². The molecule has 4 nitrogen and oxygen atoms in total. The molecule has 1 aliphatic carbocycles. The molecule has 0 radical (unpaired) electrons. The third kappa shape index (κ3) is 3.29. The van der Waals surface area contributed by atoms with Crippen LogP contribution in [0.3, 0.4) is 0 Å². The number of nitrogens with zero attached hydrogens (tertiary/aromatic N) is 1. The van der Waals surface area contributed by atoms with Crippen LogP contribution in [-0.2, 0) is 4.79 Å². The molecule has 0 aliphatic heterocycles. The molecule has 0 saturated heterocycles. The third-order valence-electron chi connectivity index (χ3n) is 3.83. The number of hydrogen-bond donors (Lipinski definition) is 2.